The number of carbonyl (C=O) groups is 2. The van der Waals surface area contributed by atoms with Gasteiger partial charge in [0, 0.05) is 25.4 Å². The summed E-state index contributed by atoms with van der Waals surface area (Å²) in [6.45, 7) is 0.705. The van der Waals surface area contributed by atoms with Crippen molar-refractivity contribution in [2.75, 3.05) is 34.3 Å². The fourth-order valence-electron chi connectivity index (χ4n) is 2.45. The first kappa shape index (κ1) is 21.9. The number of esters is 1. The van der Waals surface area contributed by atoms with Crippen LogP contribution >= 0.6 is 0 Å². The maximum absolute atomic E-state index is 11.8. The molecular weight excluding hydrogens is 298 g/mol. The highest BCUT2D eigenvalue weighted by molar-refractivity contribution is 5.70. The molecule has 0 spiro atoms. The number of aliphatic hydroxyl groups is 1. The number of nitrogens with zero attached hydrogens (tertiary/aromatic N) is 1. The number of rotatable bonds is 14. The third-order valence-corrected chi connectivity index (χ3v) is 3.48. The van der Waals surface area contributed by atoms with Gasteiger partial charge in [-0.3, -0.25) is 4.79 Å². The molecule has 0 rings (SSSR count). The molecular formula is C17H33NO5. The molecule has 0 aromatic rings. The van der Waals surface area contributed by atoms with Gasteiger partial charge in [0.2, 0.25) is 0 Å². The van der Waals surface area contributed by atoms with Crippen LogP contribution in [-0.2, 0) is 14.3 Å². The molecule has 1 unspecified atom stereocenters. The molecule has 0 bridgehead atoms. The molecule has 0 aromatic heterocycles. The van der Waals surface area contributed by atoms with Crippen molar-refractivity contribution in [1.29, 1.82) is 0 Å². The number of unbranched alkanes of at least 4 members (excludes halogenated alkanes) is 6. The van der Waals surface area contributed by atoms with E-state index in [1.165, 1.54) is 0 Å². The smallest absolute Gasteiger partial charge is 0.306 e. The van der Waals surface area contributed by atoms with Gasteiger partial charge >= 0.3 is 5.97 Å². The lowest BCUT2D eigenvalue weighted by Gasteiger charge is -2.29. The molecule has 0 amide bonds. The Morgan fingerprint density at radius 3 is 2.00 bits per heavy atom. The van der Waals surface area contributed by atoms with Gasteiger partial charge in [-0.25, -0.2) is 0 Å². The zero-order chi connectivity index (χ0) is 17.7. The fraction of sp³-hybridized carbons (Fsp3) is 0.882. The summed E-state index contributed by atoms with van der Waals surface area (Å²) >= 11 is 0. The van der Waals surface area contributed by atoms with Crippen LogP contribution in [0, 0.1) is 0 Å². The van der Waals surface area contributed by atoms with Gasteiger partial charge in [0.15, 0.2) is 6.10 Å². The third-order valence-electron chi connectivity index (χ3n) is 3.48. The van der Waals surface area contributed by atoms with Crippen molar-refractivity contribution < 1.29 is 29.0 Å². The lowest BCUT2D eigenvalue weighted by Crippen LogP contribution is -2.45. The summed E-state index contributed by atoms with van der Waals surface area (Å²) in [5.74, 6) is -1.52. The van der Waals surface area contributed by atoms with E-state index >= 15 is 0 Å². The number of aliphatic hydroxyl groups excluding tert-OH is 1. The summed E-state index contributed by atoms with van der Waals surface area (Å²) in [6.07, 6.45) is 6.38. The lowest BCUT2D eigenvalue weighted by atomic mass is 10.1. The van der Waals surface area contributed by atoms with Crippen molar-refractivity contribution in [2.24, 2.45) is 0 Å². The predicted octanol–water partition coefficient (Wildman–Crippen LogP) is 0.857. The molecule has 0 saturated carbocycles. The van der Waals surface area contributed by atoms with Crippen molar-refractivity contribution >= 4 is 11.9 Å². The van der Waals surface area contributed by atoms with Crippen LogP contribution in [0.2, 0.25) is 0 Å². The molecule has 136 valence electrons. The zero-order valence-corrected chi connectivity index (χ0v) is 14.9. The highest BCUT2D eigenvalue weighted by Crippen LogP contribution is 2.11. The Morgan fingerprint density at radius 2 is 1.52 bits per heavy atom. The Kier molecular flexibility index (Phi) is 11.7. The van der Waals surface area contributed by atoms with E-state index in [4.69, 9.17) is 9.84 Å². The molecule has 6 heteroatoms. The number of quaternary nitrogens is 1. The molecule has 6 nitrogen and oxygen atoms in total. The molecule has 0 heterocycles. The average Bonchev–Trinajstić information content (AvgIpc) is 2.39. The average molecular weight is 331 g/mol. The van der Waals surface area contributed by atoms with E-state index in [1.807, 2.05) is 21.1 Å². The van der Waals surface area contributed by atoms with Gasteiger partial charge in [-0.1, -0.05) is 32.1 Å². The Hall–Kier alpha value is -1.14. The van der Waals surface area contributed by atoms with E-state index in [-0.39, 0.29) is 19.0 Å². The molecule has 0 fully saturated rings. The van der Waals surface area contributed by atoms with Gasteiger partial charge in [0.05, 0.1) is 21.1 Å². The molecule has 23 heavy (non-hydrogen) atoms. The molecule has 0 saturated heterocycles. The van der Waals surface area contributed by atoms with Crippen LogP contribution in [0.4, 0.5) is 0 Å². The summed E-state index contributed by atoms with van der Waals surface area (Å²) < 4.78 is 5.82. The fourth-order valence-corrected chi connectivity index (χ4v) is 2.45. The van der Waals surface area contributed by atoms with Crippen molar-refractivity contribution in [3.05, 3.63) is 0 Å². The first-order valence-corrected chi connectivity index (χ1v) is 8.55. The number of hydrogen-bond acceptors (Lipinski definition) is 5. The second kappa shape index (κ2) is 12.3. The molecule has 0 aliphatic heterocycles. The zero-order valence-electron chi connectivity index (χ0n) is 14.9. The third kappa shape index (κ3) is 15.5. The molecule has 0 aliphatic rings. The van der Waals surface area contributed by atoms with Crippen LogP contribution in [-0.4, -0.2) is 61.9 Å². The summed E-state index contributed by atoms with van der Waals surface area (Å²) in [7, 11) is 5.77. The predicted molar refractivity (Wildman–Crippen MR) is 86.4 cm³/mol. The van der Waals surface area contributed by atoms with Gasteiger partial charge in [0.1, 0.15) is 6.54 Å². The van der Waals surface area contributed by atoms with Gasteiger partial charge in [-0.2, -0.15) is 0 Å². The maximum atomic E-state index is 11.8. The number of carboxylic acids is 1. The van der Waals surface area contributed by atoms with Gasteiger partial charge < -0.3 is 24.2 Å². The quantitative estimate of drug-likeness (QED) is 0.290. The molecule has 1 N–H and O–H groups in total. The van der Waals surface area contributed by atoms with Crippen molar-refractivity contribution in [3.8, 4) is 0 Å². The van der Waals surface area contributed by atoms with Crippen LogP contribution < -0.4 is 5.11 Å². The Labute approximate surface area is 140 Å². The van der Waals surface area contributed by atoms with E-state index in [1.54, 1.807) is 0 Å². The van der Waals surface area contributed by atoms with Crippen molar-refractivity contribution in [2.45, 2.75) is 63.9 Å². The van der Waals surface area contributed by atoms with E-state index < -0.39 is 12.1 Å². The first-order valence-electron chi connectivity index (χ1n) is 8.55. The molecule has 1 atom stereocenters. The molecule has 0 aromatic carbocycles. The van der Waals surface area contributed by atoms with E-state index in [0.29, 0.717) is 17.4 Å². The van der Waals surface area contributed by atoms with Crippen LogP contribution in [0.5, 0.6) is 0 Å². The first-order chi connectivity index (χ1) is 10.7. The van der Waals surface area contributed by atoms with Crippen molar-refractivity contribution in [3.63, 3.8) is 0 Å². The minimum atomic E-state index is -1.20. The number of aliphatic carboxylic acids is 1. The second-order valence-electron chi connectivity index (χ2n) is 7.11. The summed E-state index contributed by atoms with van der Waals surface area (Å²) in [5, 5.41) is 19.4. The number of hydrogen-bond donors (Lipinski definition) is 1. The minimum Gasteiger partial charge on any atom is -0.550 e. The number of likely N-dealkylation sites (N-methyl/N-ethyl adjacent to an activating group) is 1. The second-order valence-corrected chi connectivity index (χ2v) is 7.11. The highest BCUT2D eigenvalue weighted by Gasteiger charge is 2.22. The maximum Gasteiger partial charge on any atom is 0.306 e. The topological polar surface area (TPSA) is 86.7 Å². The van der Waals surface area contributed by atoms with Gasteiger partial charge in [0.25, 0.3) is 0 Å². The monoisotopic (exact) mass is 331 g/mol. The summed E-state index contributed by atoms with van der Waals surface area (Å²) in [4.78, 5) is 22.6. The van der Waals surface area contributed by atoms with Crippen LogP contribution in [0.3, 0.4) is 0 Å². The lowest BCUT2D eigenvalue weighted by molar-refractivity contribution is -0.873. The molecule has 0 radical (unpaired) electrons. The molecule has 0 aliphatic carbocycles. The van der Waals surface area contributed by atoms with Crippen LogP contribution in [0.15, 0.2) is 0 Å². The Balaban J connectivity index is 3.88. The SMILES string of the molecule is C[N+](C)(C)CC(CC(=O)[O-])OC(=O)CCCCCCCCCO. The van der Waals surface area contributed by atoms with E-state index in [2.05, 4.69) is 0 Å². The highest BCUT2D eigenvalue weighted by atomic mass is 16.5. The standard InChI is InChI=1S/C17H33NO5/c1-18(2,3)14-15(13-16(20)21)23-17(22)11-9-7-5-4-6-8-10-12-19/h15,19H,4-14H2,1-3H3. The summed E-state index contributed by atoms with van der Waals surface area (Å²) in [6, 6.07) is 0. The number of ether oxygens (including phenoxy) is 1. The van der Waals surface area contributed by atoms with Gasteiger partial charge in [-0.15, -0.1) is 0 Å². The van der Waals surface area contributed by atoms with Crippen LogP contribution in [0.25, 0.3) is 0 Å². The van der Waals surface area contributed by atoms with Crippen molar-refractivity contribution in [1.82, 2.24) is 0 Å². The largest absolute Gasteiger partial charge is 0.550 e. The Morgan fingerprint density at radius 1 is 1.00 bits per heavy atom. The van der Waals surface area contributed by atoms with E-state index in [0.717, 1.165) is 44.9 Å². The summed E-state index contributed by atoms with van der Waals surface area (Å²) in [5.41, 5.74) is 0. The normalized spacial score (nSPS) is 12.9. The number of carbonyl (C=O) groups excluding carboxylic acids is 2. The van der Waals surface area contributed by atoms with Gasteiger partial charge in [-0.05, 0) is 12.8 Å². The minimum absolute atomic E-state index is 0.256. The van der Waals surface area contributed by atoms with E-state index in [9.17, 15) is 14.7 Å². The Bertz CT molecular complexity index is 338. The number of carboxylic acid groups (broad SMARTS) is 1. The van der Waals surface area contributed by atoms with Crippen LogP contribution in [0.1, 0.15) is 57.8 Å².